The van der Waals surface area contributed by atoms with Crippen LogP contribution in [0.2, 0.25) is 0 Å². The number of rotatable bonds is 7. The molecule has 3 nitrogen and oxygen atoms in total. The van der Waals surface area contributed by atoms with Gasteiger partial charge in [-0.1, -0.05) is 6.92 Å². The van der Waals surface area contributed by atoms with Gasteiger partial charge in [-0.25, -0.2) is 0 Å². The molecule has 3 unspecified atom stereocenters. The van der Waals surface area contributed by atoms with Crippen LogP contribution in [0.3, 0.4) is 0 Å². The Bertz CT molecular complexity index is 208. The lowest BCUT2D eigenvalue weighted by atomic mass is 10.1. The van der Waals surface area contributed by atoms with Crippen molar-refractivity contribution >= 4 is 0 Å². The largest absolute Gasteiger partial charge is 0.313 e. The molecular formula is C14H31N3. The summed E-state index contributed by atoms with van der Waals surface area (Å²) in [5.41, 5.74) is 0. The Morgan fingerprint density at radius 3 is 2.65 bits per heavy atom. The normalized spacial score (nSPS) is 25.4. The lowest BCUT2D eigenvalue weighted by Gasteiger charge is -2.32. The molecule has 0 aliphatic carbocycles. The van der Waals surface area contributed by atoms with Crippen molar-refractivity contribution in [2.24, 2.45) is 5.92 Å². The second-order valence-corrected chi connectivity index (χ2v) is 5.84. The lowest BCUT2D eigenvalue weighted by molar-refractivity contribution is 0.185. The van der Waals surface area contributed by atoms with Gasteiger partial charge < -0.3 is 15.1 Å². The molecule has 0 aromatic carbocycles. The zero-order chi connectivity index (χ0) is 12.8. The van der Waals surface area contributed by atoms with Crippen LogP contribution in [0.5, 0.6) is 0 Å². The second-order valence-electron chi connectivity index (χ2n) is 5.84. The van der Waals surface area contributed by atoms with Crippen LogP contribution < -0.4 is 5.32 Å². The number of nitrogens with one attached hydrogen (secondary N) is 1. The molecular weight excluding hydrogens is 210 g/mol. The zero-order valence-corrected chi connectivity index (χ0v) is 12.4. The molecule has 0 aromatic rings. The maximum Gasteiger partial charge on any atom is 0.0215 e. The number of hydrogen-bond acceptors (Lipinski definition) is 3. The maximum absolute atomic E-state index is 3.59. The Morgan fingerprint density at radius 1 is 1.41 bits per heavy atom. The summed E-state index contributed by atoms with van der Waals surface area (Å²) in [4.78, 5) is 4.97. The van der Waals surface area contributed by atoms with Gasteiger partial charge >= 0.3 is 0 Å². The van der Waals surface area contributed by atoms with Gasteiger partial charge in [0, 0.05) is 25.2 Å². The summed E-state index contributed by atoms with van der Waals surface area (Å²) < 4.78 is 0. The number of likely N-dealkylation sites (tertiary alicyclic amines) is 1. The third-order valence-corrected chi connectivity index (χ3v) is 4.17. The Kier molecular flexibility index (Phi) is 6.45. The zero-order valence-electron chi connectivity index (χ0n) is 12.4. The van der Waals surface area contributed by atoms with E-state index >= 15 is 0 Å². The van der Waals surface area contributed by atoms with Crippen LogP contribution in [0.1, 0.15) is 33.6 Å². The molecule has 0 radical (unpaired) electrons. The van der Waals surface area contributed by atoms with E-state index in [0.29, 0.717) is 12.1 Å². The van der Waals surface area contributed by atoms with Crippen LogP contribution in [-0.2, 0) is 0 Å². The fourth-order valence-corrected chi connectivity index (χ4v) is 2.67. The highest BCUT2D eigenvalue weighted by Gasteiger charge is 2.24. The third-order valence-electron chi connectivity index (χ3n) is 4.17. The molecule has 1 heterocycles. The monoisotopic (exact) mass is 241 g/mol. The first-order valence-corrected chi connectivity index (χ1v) is 7.16. The number of nitrogens with zero attached hydrogens (tertiary/aromatic N) is 2. The molecule has 0 bridgehead atoms. The highest BCUT2D eigenvalue weighted by Crippen LogP contribution is 2.16. The predicted molar refractivity (Wildman–Crippen MR) is 75.5 cm³/mol. The minimum atomic E-state index is 0.582. The molecule has 0 saturated carbocycles. The molecule has 1 aliphatic rings. The minimum absolute atomic E-state index is 0.582. The highest BCUT2D eigenvalue weighted by atomic mass is 15.2. The fourth-order valence-electron chi connectivity index (χ4n) is 2.67. The summed E-state index contributed by atoms with van der Waals surface area (Å²) in [6.45, 7) is 11.8. The van der Waals surface area contributed by atoms with Crippen molar-refractivity contribution in [1.82, 2.24) is 15.1 Å². The lowest BCUT2D eigenvalue weighted by Crippen LogP contribution is -2.47. The molecule has 1 N–H and O–H groups in total. The van der Waals surface area contributed by atoms with Crippen LogP contribution in [0.4, 0.5) is 0 Å². The van der Waals surface area contributed by atoms with Crippen LogP contribution >= 0.6 is 0 Å². The Labute approximate surface area is 108 Å². The van der Waals surface area contributed by atoms with E-state index in [4.69, 9.17) is 0 Å². The van der Waals surface area contributed by atoms with Gasteiger partial charge in [0.2, 0.25) is 0 Å². The molecule has 3 heteroatoms. The Morgan fingerprint density at radius 2 is 2.12 bits per heavy atom. The van der Waals surface area contributed by atoms with E-state index < -0.39 is 0 Å². The predicted octanol–water partition coefficient (Wildman–Crippen LogP) is 1.65. The van der Waals surface area contributed by atoms with E-state index in [1.165, 1.54) is 32.5 Å². The first-order chi connectivity index (χ1) is 8.04. The standard InChI is InChI=1S/C14H31N3/c1-6-8-15-12(2)13(3)17(5)11-14-7-9-16(4)10-14/h12-15H,6-11H2,1-5H3. The van der Waals surface area contributed by atoms with Crippen molar-refractivity contribution in [3.63, 3.8) is 0 Å². The van der Waals surface area contributed by atoms with Crippen LogP contribution in [-0.4, -0.2) is 62.2 Å². The molecule has 1 fully saturated rings. The average molecular weight is 241 g/mol. The quantitative estimate of drug-likeness (QED) is 0.731. The molecule has 1 aliphatic heterocycles. The maximum atomic E-state index is 3.59. The van der Waals surface area contributed by atoms with Crippen molar-refractivity contribution in [1.29, 1.82) is 0 Å². The summed E-state index contributed by atoms with van der Waals surface area (Å²) in [5, 5.41) is 3.59. The summed E-state index contributed by atoms with van der Waals surface area (Å²) in [6.07, 6.45) is 2.58. The molecule has 0 spiro atoms. The highest BCUT2D eigenvalue weighted by molar-refractivity contribution is 4.80. The average Bonchev–Trinajstić information content (AvgIpc) is 2.70. The van der Waals surface area contributed by atoms with E-state index in [1.54, 1.807) is 0 Å². The van der Waals surface area contributed by atoms with Crippen molar-refractivity contribution in [2.45, 2.75) is 45.7 Å². The minimum Gasteiger partial charge on any atom is -0.313 e. The summed E-state index contributed by atoms with van der Waals surface area (Å²) in [6, 6.07) is 1.20. The SMILES string of the molecule is CCCNC(C)C(C)N(C)CC1CCN(C)C1. The topological polar surface area (TPSA) is 18.5 Å². The molecule has 0 amide bonds. The van der Waals surface area contributed by atoms with E-state index in [9.17, 15) is 0 Å². The second kappa shape index (κ2) is 7.34. The Hall–Kier alpha value is -0.120. The van der Waals surface area contributed by atoms with Gasteiger partial charge in [0.05, 0.1) is 0 Å². The molecule has 17 heavy (non-hydrogen) atoms. The first-order valence-electron chi connectivity index (χ1n) is 7.16. The number of hydrogen-bond donors (Lipinski definition) is 1. The van der Waals surface area contributed by atoms with Crippen molar-refractivity contribution in [3.05, 3.63) is 0 Å². The van der Waals surface area contributed by atoms with Gasteiger partial charge in [-0.05, 0) is 59.8 Å². The summed E-state index contributed by atoms with van der Waals surface area (Å²) in [5.74, 6) is 0.867. The van der Waals surface area contributed by atoms with E-state index in [-0.39, 0.29) is 0 Å². The van der Waals surface area contributed by atoms with E-state index in [2.05, 4.69) is 50.0 Å². The van der Waals surface area contributed by atoms with Gasteiger partial charge in [-0.2, -0.15) is 0 Å². The van der Waals surface area contributed by atoms with Gasteiger partial charge in [0.25, 0.3) is 0 Å². The van der Waals surface area contributed by atoms with Crippen molar-refractivity contribution in [3.8, 4) is 0 Å². The smallest absolute Gasteiger partial charge is 0.0215 e. The van der Waals surface area contributed by atoms with Crippen molar-refractivity contribution in [2.75, 3.05) is 40.3 Å². The first kappa shape index (κ1) is 14.9. The fraction of sp³-hybridized carbons (Fsp3) is 1.00. The third kappa shape index (κ3) is 4.94. The molecule has 102 valence electrons. The van der Waals surface area contributed by atoms with Crippen LogP contribution in [0.25, 0.3) is 0 Å². The van der Waals surface area contributed by atoms with Crippen LogP contribution in [0, 0.1) is 5.92 Å². The van der Waals surface area contributed by atoms with Gasteiger partial charge in [0.15, 0.2) is 0 Å². The number of likely N-dealkylation sites (N-methyl/N-ethyl adjacent to an activating group) is 1. The van der Waals surface area contributed by atoms with Crippen LogP contribution in [0.15, 0.2) is 0 Å². The molecule has 1 rings (SSSR count). The van der Waals surface area contributed by atoms with Gasteiger partial charge in [-0.3, -0.25) is 0 Å². The van der Waals surface area contributed by atoms with Gasteiger partial charge in [0.1, 0.15) is 0 Å². The van der Waals surface area contributed by atoms with Gasteiger partial charge in [-0.15, -0.1) is 0 Å². The molecule has 0 aromatic heterocycles. The summed E-state index contributed by atoms with van der Waals surface area (Å²) >= 11 is 0. The molecule has 3 atom stereocenters. The molecule has 1 saturated heterocycles. The van der Waals surface area contributed by atoms with E-state index in [0.717, 1.165) is 12.5 Å². The summed E-state index contributed by atoms with van der Waals surface area (Å²) in [7, 11) is 4.50. The Balaban J connectivity index is 2.28. The van der Waals surface area contributed by atoms with E-state index in [1.807, 2.05) is 0 Å². The van der Waals surface area contributed by atoms with Crippen molar-refractivity contribution < 1.29 is 0 Å².